The van der Waals surface area contributed by atoms with Crippen LogP contribution in [0.1, 0.15) is 29.5 Å². The molecule has 140 valence electrons. The zero-order chi connectivity index (χ0) is 19.1. The summed E-state index contributed by atoms with van der Waals surface area (Å²) >= 11 is 5.94. The van der Waals surface area contributed by atoms with Crippen LogP contribution in [0.25, 0.3) is 11.0 Å². The van der Waals surface area contributed by atoms with Crippen LogP contribution in [0.5, 0.6) is 0 Å². The summed E-state index contributed by atoms with van der Waals surface area (Å²) in [6, 6.07) is 4.97. The molecule has 1 aromatic heterocycles. The molecule has 2 heterocycles. The number of rotatable bonds is 4. The van der Waals surface area contributed by atoms with E-state index in [0.717, 1.165) is 0 Å². The van der Waals surface area contributed by atoms with Gasteiger partial charge >= 0.3 is 5.97 Å². The maximum absolute atomic E-state index is 12.2. The predicted octanol–water partition coefficient (Wildman–Crippen LogP) is 2.24. The molecular weight excluding hydrogens is 382 g/mol. The average molecular weight is 400 g/mol. The van der Waals surface area contributed by atoms with Gasteiger partial charge in [0.05, 0.1) is 17.0 Å². The Hall–Kier alpha value is -2.06. The molecular formula is C17H18ClNO6S. The van der Waals surface area contributed by atoms with Gasteiger partial charge in [0.1, 0.15) is 5.58 Å². The second-order valence-electron chi connectivity index (χ2n) is 6.72. The van der Waals surface area contributed by atoms with Crippen LogP contribution in [0.4, 0.5) is 0 Å². The van der Waals surface area contributed by atoms with E-state index in [1.807, 2.05) is 0 Å². The number of furan rings is 1. The summed E-state index contributed by atoms with van der Waals surface area (Å²) in [5, 5.41) is 3.83. The van der Waals surface area contributed by atoms with Crippen LogP contribution >= 0.6 is 11.6 Å². The first-order chi connectivity index (χ1) is 12.1. The van der Waals surface area contributed by atoms with Gasteiger partial charge in [-0.1, -0.05) is 11.6 Å². The number of carbonyl (C=O) groups is 2. The second-order valence-corrected chi connectivity index (χ2v) is 9.34. The molecule has 26 heavy (non-hydrogen) atoms. The van der Waals surface area contributed by atoms with Crippen LogP contribution in [0.2, 0.25) is 5.02 Å². The smallest absolute Gasteiger partial charge is 0.375 e. The zero-order valence-corrected chi connectivity index (χ0v) is 15.9. The molecule has 1 aliphatic heterocycles. The van der Waals surface area contributed by atoms with Crippen LogP contribution < -0.4 is 5.32 Å². The quantitative estimate of drug-likeness (QED) is 0.791. The highest BCUT2D eigenvalue weighted by atomic mass is 35.5. The first kappa shape index (κ1) is 18.7. The fourth-order valence-electron chi connectivity index (χ4n) is 3.07. The van der Waals surface area contributed by atoms with Gasteiger partial charge in [-0.15, -0.1) is 0 Å². The third-order valence-corrected chi connectivity index (χ3v) is 6.50. The number of ether oxygens (including phenoxy) is 1. The SMILES string of the molecule is Cc1c(C(=O)OCC(=O)N[C@@]2(C)CCS(=O)(=O)C2)oc2ccc(Cl)cc12. The minimum Gasteiger partial charge on any atom is -0.450 e. The van der Waals surface area contributed by atoms with Crippen LogP contribution in [0.15, 0.2) is 22.6 Å². The Kier molecular flexibility index (Phi) is 4.74. The van der Waals surface area contributed by atoms with Crippen molar-refractivity contribution in [2.45, 2.75) is 25.8 Å². The summed E-state index contributed by atoms with van der Waals surface area (Å²) in [7, 11) is -3.15. The lowest BCUT2D eigenvalue weighted by molar-refractivity contribution is -0.125. The lowest BCUT2D eigenvalue weighted by atomic mass is 10.0. The molecule has 1 amide bonds. The van der Waals surface area contributed by atoms with Gasteiger partial charge in [0, 0.05) is 16.0 Å². The fourth-order valence-corrected chi connectivity index (χ4v) is 5.33. The largest absolute Gasteiger partial charge is 0.450 e. The summed E-state index contributed by atoms with van der Waals surface area (Å²) in [4.78, 5) is 24.2. The van der Waals surface area contributed by atoms with E-state index in [4.69, 9.17) is 20.8 Å². The lowest BCUT2D eigenvalue weighted by Gasteiger charge is -2.23. The number of carbonyl (C=O) groups excluding carboxylic acids is 2. The molecule has 0 aliphatic carbocycles. The number of hydrogen-bond donors (Lipinski definition) is 1. The van der Waals surface area contributed by atoms with E-state index in [0.29, 0.717) is 28.0 Å². The summed E-state index contributed by atoms with van der Waals surface area (Å²) in [6.45, 7) is 2.83. The van der Waals surface area contributed by atoms with Crippen molar-refractivity contribution in [1.29, 1.82) is 0 Å². The standard InChI is InChI=1S/C17H18ClNO6S/c1-10-12-7-11(18)3-4-13(12)25-15(10)16(21)24-8-14(20)19-17(2)5-6-26(22,23)9-17/h3-4,7H,5-6,8-9H2,1-2H3,(H,19,20)/t17-/m0/s1. The van der Waals surface area contributed by atoms with Crippen molar-refractivity contribution < 1.29 is 27.2 Å². The van der Waals surface area contributed by atoms with E-state index < -0.39 is 33.9 Å². The second kappa shape index (κ2) is 6.59. The molecule has 7 nitrogen and oxygen atoms in total. The molecule has 1 aliphatic rings. The predicted molar refractivity (Wildman–Crippen MR) is 96.1 cm³/mol. The van der Waals surface area contributed by atoms with Crippen molar-refractivity contribution >= 4 is 44.3 Å². The number of sulfone groups is 1. The van der Waals surface area contributed by atoms with Crippen molar-refractivity contribution in [2.75, 3.05) is 18.1 Å². The van der Waals surface area contributed by atoms with Crippen LogP contribution in [0.3, 0.4) is 0 Å². The monoisotopic (exact) mass is 399 g/mol. The highest BCUT2D eigenvalue weighted by Crippen LogP contribution is 2.28. The minimum absolute atomic E-state index is 0.00437. The van der Waals surface area contributed by atoms with Gasteiger partial charge in [-0.05, 0) is 38.5 Å². The normalized spacial score (nSPS) is 21.7. The molecule has 0 spiro atoms. The van der Waals surface area contributed by atoms with E-state index in [9.17, 15) is 18.0 Å². The van der Waals surface area contributed by atoms with Gasteiger partial charge in [-0.2, -0.15) is 0 Å². The Balaban J connectivity index is 1.64. The number of benzene rings is 1. The van der Waals surface area contributed by atoms with Gasteiger partial charge in [0.15, 0.2) is 16.4 Å². The molecule has 1 N–H and O–H groups in total. The van der Waals surface area contributed by atoms with Gasteiger partial charge in [-0.3, -0.25) is 4.79 Å². The number of hydrogen-bond acceptors (Lipinski definition) is 6. The molecule has 0 radical (unpaired) electrons. The molecule has 1 atom stereocenters. The van der Waals surface area contributed by atoms with Crippen LogP contribution in [0, 0.1) is 6.92 Å². The molecule has 0 unspecified atom stereocenters. The number of esters is 1. The summed E-state index contributed by atoms with van der Waals surface area (Å²) < 4.78 is 33.6. The van der Waals surface area contributed by atoms with Crippen LogP contribution in [-0.2, 0) is 19.4 Å². The van der Waals surface area contributed by atoms with Crippen molar-refractivity contribution in [3.63, 3.8) is 0 Å². The lowest BCUT2D eigenvalue weighted by Crippen LogP contribution is -2.48. The summed E-state index contributed by atoms with van der Waals surface area (Å²) in [5.41, 5.74) is 0.225. The molecule has 1 saturated heterocycles. The van der Waals surface area contributed by atoms with Gasteiger partial charge in [0.2, 0.25) is 5.76 Å². The first-order valence-corrected chi connectivity index (χ1v) is 10.2. The molecule has 1 aromatic carbocycles. The minimum atomic E-state index is -3.15. The molecule has 1 fully saturated rings. The first-order valence-electron chi connectivity index (χ1n) is 7.96. The molecule has 9 heteroatoms. The van der Waals surface area contributed by atoms with Crippen molar-refractivity contribution in [3.05, 3.63) is 34.5 Å². The average Bonchev–Trinajstić information content (AvgIpc) is 3.01. The molecule has 0 saturated carbocycles. The Morgan fingerprint density at radius 3 is 2.77 bits per heavy atom. The van der Waals surface area contributed by atoms with E-state index in [-0.39, 0.29) is 17.3 Å². The fraction of sp³-hybridized carbons (Fsp3) is 0.412. The highest BCUT2D eigenvalue weighted by molar-refractivity contribution is 7.91. The van der Waals surface area contributed by atoms with E-state index in [2.05, 4.69) is 5.32 Å². The summed E-state index contributed by atoms with van der Waals surface area (Å²) in [6.07, 6.45) is 0.332. The molecule has 3 rings (SSSR count). The van der Waals surface area contributed by atoms with Crippen molar-refractivity contribution in [1.82, 2.24) is 5.32 Å². The maximum atomic E-state index is 12.2. The van der Waals surface area contributed by atoms with Gasteiger partial charge in [-0.25, -0.2) is 13.2 Å². The van der Waals surface area contributed by atoms with E-state index in [1.54, 1.807) is 32.0 Å². The molecule has 0 bridgehead atoms. The van der Waals surface area contributed by atoms with Crippen molar-refractivity contribution in [3.8, 4) is 0 Å². The number of aryl methyl sites for hydroxylation is 1. The van der Waals surface area contributed by atoms with E-state index in [1.165, 1.54) is 0 Å². The Morgan fingerprint density at radius 1 is 1.38 bits per heavy atom. The van der Waals surface area contributed by atoms with Gasteiger partial charge in [0.25, 0.3) is 5.91 Å². The zero-order valence-electron chi connectivity index (χ0n) is 14.3. The topological polar surface area (TPSA) is 103 Å². The third kappa shape index (κ3) is 3.86. The number of fused-ring (bicyclic) bond motifs is 1. The number of nitrogens with one attached hydrogen (secondary N) is 1. The molecule has 2 aromatic rings. The van der Waals surface area contributed by atoms with Crippen LogP contribution in [-0.4, -0.2) is 43.9 Å². The number of amides is 1. The van der Waals surface area contributed by atoms with Crippen molar-refractivity contribution in [2.24, 2.45) is 0 Å². The third-order valence-electron chi connectivity index (χ3n) is 4.36. The Morgan fingerprint density at radius 2 is 2.12 bits per heavy atom. The van der Waals surface area contributed by atoms with E-state index >= 15 is 0 Å². The Bertz CT molecular complexity index is 996. The highest BCUT2D eigenvalue weighted by Gasteiger charge is 2.39. The Labute approximate surface area is 155 Å². The maximum Gasteiger partial charge on any atom is 0.375 e. The van der Waals surface area contributed by atoms with Gasteiger partial charge < -0.3 is 14.5 Å². The summed E-state index contributed by atoms with van der Waals surface area (Å²) in [5.74, 6) is -1.42. The number of halogens is 1.